The summed E-state index contributed by atoms with van der Waals surface area (Å²) in [5, 5.41) is 13.0. The van der Waals surface area contributed by atoms with Crippen molar-refractivity contribution in [3.8, 4) is 11.6 Å². The van der Waals surface area contributed by atoms with Crippen molar-refractivity contribution in [1.29, 1.82) is 0 Å². The van der Waals surface area contributed by atoms with E-state index in [9.17, 15) is 9.90 Å². The van der Waals surface area contributed by atoms with E-state index >= 15 is 0 Å². The van der Waals surface area contributed by atoms with Crippen LogP contribution in [-0.2, 0) is 4.74 Å². The van der Waals surface area contributed by atoms with E-state index in [1.807, 2.05) is 0 Å². The summed E-state index contributed by atoms with van der Waals surface area (Å²) in [6.45, 7) is 0.911. The predicted octanol–water partition coefficient (Wildman–Crippen LogP) is 1.56. The lowest BCUT2D eigenvalue weighted by Crippen LogP contribution is -2.23. The molecule has 0 fully saturated rings. The second kappa shape index (κ2) is 5.62. The summed E-state index contributed by atoms with van der Waals surface area (Å²) in [5.41, 5.74) is 0.590. The average Bonchev–Trinajstić information content (AvgIpc) is 2.73. The van der Waals surface area contributed by atoms with Crippen LogP contribution in [0.5, 0.6) is 11.6 Å². The van der Waals surface area contributed by atoms with Gasteiger partial charge in [-0.05, 0) is 12.1 Å². The first kappa shape index (κ1) is 13.2. The quantitative estimate of drug-likeness (QED) is 0.822. The number of aromatic nitrogens is 1. The van der Waals surface area contributed by atoms with Gasteiger partial charge in [0.2, 0.25) is 0 Å². The van der Waals surface area contributed by atoms with Gasteiger partial charge in [-0.2, -0.15) is 0 Å². The molecule has 6 nitrogen and oxygen atoms in total. The van der Waals surface area contributed by atoms with Gasteiger partial charge in [0.25, 0.3) is 0 Å². The van der Waals surface area contributed by atoms with Gasteiger partial charge >= 0.3 is 6.03 Å². The van der Waals surface area contributed by atoms with Crippen LogP contribution in [0.2, 0.25) is 0 Å². The molecule has 19 heavy (non-hydrogen) atoms. The van der Waals surface area contributed by atoms with Gasteiger partial charge in [-0.25, -0.2) is 9.36 Å². The maximum atomic E-state index is 11.7. The van der Waals surface area contributed by atoms with Crippen LogP contribution in [-0.4, -0.2) is 43.1 Å². The second-order valence-corrected chi connectivity index (χ2v) is 3.95. The Kier molecular flexibility index (Phi) is 3.91. The summed E-state index contributed by atoms with van der Waals surface area (Å²) >= 11 is 0. The lowest BCUT2D eigenvalue weighted by molar-refractivity contribution is 0.146. The first-order chi connectivity index (χ1) is 9.17. The zero-order valence-electron chi connectivity index (χ0n) is 10.8. The summed E-state index contributed by atoms with van der Waals surface area (Å²) in [7, 11) is 3.11. The van der Waals surface area contributed by atoms with E-state index < -0.39 is 6.03 Å². The van der Waals surface area contributed by atoms with Crippen LogP contribution >= 0.6 is 0 Å². The number of nitrogens with one attached hydrogen (secondary N) is 1. The molecule has 1 aromatic heterocycles. The highest BCUT2D eigenvalue weighted by Gasteiger charge is 2.13. The molecule has 6 heteroatoms. The molecule has 1 heterocycles. The standard InChI is InChI=1S/C13H16N2O4/c1-14-13(17)15-11-8-10(19-6-5-18-2)4-3-9(11)7-12(15)16/h3-4,7-8,16H,5-6H2,1-2H3,(H,14,17). The molecular formula is C13H16N2O4. The number of carbonyl (C=O) groups excluding carboxylic acids is 1. The number of nitrogens with zero attached hydrogens (tertiary/aromatic N) is 1. The van der Waals surface area contributed by atoms with Crippen molar-refractivity contribution in [2.45, 2.75) is 0 Å². The summed E-state index contributed by atoms with van der Waals surface area (Å²) in [4.78, 5) is 11.7. The zero-order valence-corrected chi connectivity index (χ0v) is 10.8. The summed E-state index contributed by atoms with van der Waals surface area (Å²) in [5.74, 6) is 0.510. The van der Waals surface area contributed by atoms with Crippen molar-refractivity contribution >= 4 is 16.9 Å². The summed E-state index contributed by atoms with van der Waals surface area (Å²) in [6, 6.07) is 6.41. The van der Waals surface area contributed by atoms with E-state index in [0.29, 0.717) is 24.5 Å². The number of carbonyl (C=O) groups is 1. The highest BCUT2D eigenvalue weighted by atomic mass is 16.5. The van der Waals surface area contributed by atoms with Crippen molar-refractivity contribution in [1.82, 2.24) is 9.88 Å². The lowest BCUT2D eigenvalue weighted by atomic mass is 10.2. The van der Waals surface area contributed by atoms with Crippen LogP contribution in [0.15, 0.2) is 24.3 Å². The zero-order chi connectivity index (χ0) is 13.8. The molecule has 2 aromatic rings. The third-order valence-corrected chi connectivity index (χ3v) is 2.73. The number of hydrogen-bond acceptors (Lipinski definition) is 4. The molecule has 0 aliphatic heterocycles. The fourth-order valence-corrected chi connectivity index (χ4v) is 1.82. The van der Waals surface area contributed by atoms with Gasteiger partial charge in [-0.3, -0.25) is 0 Å². The molecule has 0 aliphatic rings. The van der Waals surface area contributed by atoms with Gasteiger partial charge < -0.3 is 19.9 Å². The maximum absolute atomic E-state index is 11.7. The Bertz CT molecular complexity index is 592. The number of rotatable bonds is 4. The fourth-order valence-electron chi connectivity index (χ4n) is 1.82. The Hall–Kier alpha value is -2.21. The molecule has 1 amide bonds. The number of methoxy groups -OCH3 is 1. The van der Waals surface area contributed by atoms with Crippen LogP contribution < -0.4 is 10.1 Å². The minimum Gasteiger partial charge on any atom is -0.494 e. The molecule has 0 aliphatic carbocycles. The van der Waals surface area contributed by atoms with Gasteiger partial charge in [-0.1, -0.05) is 0 Å². The van der Waals surface area contributed by atoms with Crippen molar-refractivity contribution in [2.75, 3.05) is 27.4 Å². The molecule has 2 N–H and O–H groups in total. The highest BCUT2D eigenvalue weighted by Crippen LogP contribution is 2.27. The largest absolute Gasteiger partial charge is 0.494 e. The second-order valence-electron chi connectivity index (χ2n) is 3.95. The molecule has 0 radical (unpaired) electrons. The molecule has 1 aromatic carbocycles. The predicted molar refractivity (Wildman–Crippen MR) is 70.8 cm³/mol. The number of benzene rings is 1. The van der Waals surface area contributed by atoms with Crippen LogP contribution in [0.25, 0.3) is 10.9 Å². The summed E-state index contributed by atoms with van der Waals surface area (Å²) in [6.07, 6.45) is 0. The van der Waals surface area contributed by atoms with Crippen molar-refractivity contribution in [2.24, 2.45) is 0 Å². The minimum absolute atomic E-state index is 0.108. The molecule has 0 atom stereocenters. The van der Waals surface area contributed by atoms with Gasteiger partial charge in [0.05, 0.1) is 12.1 Å². The van der Waals surface area contributed by atoms with E-state index in [2.05, 4.69) is 5.32 Å². The highest BCUT2D eigenvalue weighted by molar-refractivity contribution is 5.94. The van der Waals surface area contributed by atoms with Crippen molar-refractivity contribution in [3.05, 3.63) is 24.3 Å². The Morgan fingerprint density at radius 2 is 2.16 bits per heavy atom. The van der Waals surface area contributed by atoms with Crippen LogP contribution in [0.4, 0.5) is 4.79 Å². The topological polar surface area (TPSA) is 72.7 Å². The third kappa shape index (κ3) is 2.63. The molecule has 0 saturated heterocycles. The number of fused-ring (bicyclic) bond motifs is 1. The number of amides is 1. The van der Waals surface area contributed by atoms with Gasteiger partial charge in [-0.15, -0.1) is 0 Å². The molecule has 0 saturated carbocycles. The van der Waals surface area contributed by atoms with Gasteiger partial charge in [0, 0.05) is 31.7 Å². The Balaban J connectivity index is 2.37. The van der Waals surface area contributed by atoms with Gasteiger partial charge in [0.1, 0.15) is 12.4 Å². The Morgan fingerprint density at radius 3 is 2.84 bits per heavy atom. The Labute approximate surface area is 110 Å². The van der Waals surface area contributed by atoms with E-state index in [4.69, 9.17) is 9.47 Å². The smallest absolute Gasteiger partial charge is 0.328 e. The average molecular weight is 264 g/mol. The molecule has 0 unspecified atom stereocenters. The molecule has 102 valence electrons. The first-order valence-electron chi connectivity index (χ1n) is 5.85. The molecular weight excluding hydrogens is 248 g/mol. The van der Waals surface area contributed by atoms with E-state index in [1.54, 1.807) is 25.3 Å². The molecule has 2 rings (SSSR count). The number of hydrogen-bond donors (Lipinski definition) is 2. The maximum Gasteiger partial charge on any atom is 0.328 e. The van der Waals surface area contributed by atoms with Gasteiger partial charge in [0.15, 0.2) is 5.88 Å². The van der Waals surface area contributed by atoms with Crippen molar-refractivity contribution < 1.29 is 19.4 Å². The van der Waals surface area contributed by atoms with Crippen LogP contribution in [0.3, 0.4) is 0 Å². The normalized spacial score (nSPS) is 10.6. The first-order valence-corrected chi connectivity index (χ1v) is 5.85. The van der Waals surface area contributed by atoms with Crippen LogP contribution in [0.1, 0.15) is 0 Å². The van der Waals surface area contributed by atoms with E-state index in [-0.39, 0.29) is 5.88 Å². The fraction of sp³-hybridized carbons (Fsp3) is 0.308. The lowest BCUT2D eigenvalue weighted by Gasteiger charge is -2.07. The monoisotopic (exact) mass is 264 g/mol. The number of ether oxygens (including phenoxy) is 2. The van der Waals surface area contributed by atoms with Crippen molar-refractivity contribution in [3.63, 3.8) is 0 Å². The third-order valence-electron chi connectivity index (χ3n) is 2.73. The van der Waals surface area contributed by atoms with E-state index in [1.165, 1.54) is 17.7 Å². The summed E-state index contributed by atoms with van der Waals surface area (Å²) < 4.78 is 11.6. The van der Waals surface area contributed by atoms with Crippen LogP contribution in [0, 0.1) is 0 Å². The molecule has 0 bridgehead atoms. The van der Waals surface area contributed by atoms with E-state index in [0.717, 1.165) is 5.39 Å². The molecule has 0 spiro atoms. The Morgan fingerprint density at radius 1 is 1.37 bits per heavy atom. The SMILES string of the molecule is CNC(=O)n1c(O)cc2ccc(OCCOC)cc21. The minimum atomic E-state index is -0.401. The number of aromatic hydroxyl groups is 1.